The van der Waals surface area contributed by atoms with Gasteiger partial charge in [0, 0.05) is 35.9 Å². The van der Waals surface area contributed by atoms with Crippen LogP contribution in [0, 0.1) is 0 Å². The average molecular weight is 568 g/mol. The molecule has 196 valence electrons. The highest BCUT2D eigenvalue weighted by molar-refractivity contribution is 7.99. The molecule has 11 heteroatoms. The van der Waals surface area contributed by atoms with E-state index < -0.39 is 10.0 Å². The lowest BCUT2D eigenvalue weighted by Gasteiger charge is -2.16. The Balaban J connectivity index is 1.40. The summed E-state index contributed by atoms with van der Waals surface area (Å²) in [5, 5.41) is 12.8. The Bertz CT molecular complexity index is 1540. The summed E-state index contributed by atoms with van der Waals surface area (Å²) in [5.41, 5.74) is 2.27. The van der Waals surface area contributed by atoms with E-state index in [1.165, 1.54) is 16.1 Å². The number of thioether (sulfide) groups is 1. The predicted octanol–water partition coefficient (Wildman–Crippen LogP) is 4.78. The molecule has 0 saturated carbocycles. The van der Waals surface area contributed by atoms with Gasteiger partial charge >= 0.3 is 0 Å². The van der Waals surface area contributed by atoms with Crippen LogP contribution in [0.3, 0.4) is 0 Å². The van der Waals surface area contributed by atoms with Crippen molar-refractivity contribution in [3.05, 3.63) is 89.4 Å². The maximum absolute atomic E-state index is 13.2. The van der Waals surface area contributed by atoms with E-state index in [9.17, 15) is 13.2 Å². The molecule has 0 spiro atoms. The van der Waals surface area contributed by atoms with E-state index in [0.29, 0.717) is 41.2 Å². The number of carbonyl (C=O) groups is 1. The van der Waals surface area contributed by atoms with Crippen molar-refractivity contribution in [1.29, 1.82) is 0 Å². The average Bonchev–Trinajstić information content (AvgIpc) is 3.63. The summed E-state index contributed by atoms with van der Waals surface area (Å²) in [6, 6.07) is 23.7. The van der Waals surface area contributed by atoms with Crippen LogP contribution >= 0.6 is 23.4 Å². The van der Waals surface area contributed by atoms with Crippen molar-refractivity contribution in [2.75, 3.05) is 18.8 Å². The molecule has 5 rings (SSSR count). The van der Waals surface area contributed by atoms with E-state index in [4.69, 9.17) is 11.6 Å². The third-order valence-corrected chi connectivity index (χ3v) is 9.40. The first kappa shape index (κ1) is 26.4. The van der Waals surface area contributed by atoms with Crippen LogP contribution < -0.4 is 5.32 Å². The molecule has 1 N–H and O–H groups in total. The van der Waals surface area contributed by atoms with Crippen molar-refractivity contribution in [3.8, 4) is 17.1 Å². The molecule has 1 aromatic heterocycles. The highest BCUT2D eigenvalue weighted by atomic mass is 35.5. The molecular formula is C27H26ClN5O3S2. The molecular weight excluding hydrogens is 542 g/mol. The summed E-state index contributed by atoms with van der Waals surface area (Å²) in [4.78, 5) is 12.8. The van der Waals surface area contributed by atoms with Gasteiger partial charge in [-0.05, 0) is 48.7 Å². The Kier molecular flexibility index (Phi) is 8.13. The Hall–Kier alpha value is -3.18. The molecule has 38 heavy (non-hydrogen) atoms. The minimum absolute atomic E-state index is 0.124. The number of nitrogens with one attached hydrogen (secondary N) is 1. The van der Waals surface area contributed by atoms with E-state index in [-0.39, 0.29) is 16.6 Å². The largest absolute Gasteiger partial charge is 0.351 e. The van der Waals surface area contributed by atoms with Crippen LogP contribution in [0.4, 0.5) is 0 Å². The van der Waals surface area contributed by atoms with E-state index in [1.54, 1.807) is 24.3 Å². The zero-order chi connectivity index (χ0) is 26.5. The lowest BCUT2D eigenvalue weighted by molar-refractivity contribution is -0.118. The number of halogens is 1. The number of para-hydroxylation sites is 1. The van der Waals surface area contributed by atoms with Gasteiger partial charge in [-0.15, -0.1) is 10.2 Å². The standard InChI is InChI=1S/C27H26ClN5O3S2/c28-24-14-5-4-9-21(24)18-29-25(34)19-37-27-31-30-26(33(27)22-11-2-1-3-12-22)20-10-8-13-23(17-20)38(35,36)32-15-6-7-16-32/h1-5,8-14,17H,6-7,15-16,18-19H2,(H,29,34). The molecule has 1 aliphatic rings. The minimum atomic E-state index is -3.59. The smallest absolute Gasteiger partial charge is 0.243 e. The topological polar surface area (TPSA) is 97.2 Å². The van der Waals surface area contributed by atoms with Crippen LogP contribution in [0.2, 0.25) is 5.02 Å². The first-order valence-corrected chi connectivity index (χ1v) is 15.0. The molecule has 2 heterocycles. The molecule has 0 aliphatic carbocycles. The normalized spacial score (nSPS) is 14.0. The summed E-state index contributed by atoms with van der Waals surface area (Å²) >= 11 is 7.44. The van der Waals surface area contributed by atoms with E-state index >= 15 is 0 Å². The van der Waals surface area contributed by atoms with Gasteiger partial charge in [0.2, 0.25) is 15.9 Å². The van der Waals surface area contributed by atoms with Crippen molar-refractivity contribution >= 4 is 39.3 Å². The zero-order valence-corrected chi connectivity index (χ0v) is 22.8. The molecule has 3 aromatic carbocycles. The zero-order valence-electron chi connectivity index (χ0n) is 20.5. The molecule has 4 aromatic rings. The highest BCUT2D eigenvalue weighted by Crippen LogP contribution is 2.30. The number of amides is 1. The van der Waals surface area contributed by atoms with Gasteiger partial charge in [-0.3, -0.25) is 9.36 Å². The van der Waals surface area contributed by atoms with E-state index in [1.807, 2.05) is 59.2 Å². The van der Waals surface area contributed by atoms with E-state index in [0.717, 1.165) is 24.1 Å². The SMILES string of the molecule is O=C(CSc1nnc(-c2cccc(S(=O)(=O)N3CCCC3)c2)n1-c1ccccc1)NCc1ccccc1Cl. The van der Waals surface area contributed by atoms with Gasteiger partial charge in [-0.2, -0.15) is 4.31 Å². The van der Waals surface area contributed by atoms with Gasteiger partial charge in [-0.25, -0.2) is 8.42 Å². The molecule has 0 bridgehead atoms. The predicted molar refractivity (Wildman–Crippen MR) is 149 cm³/mol. The van der Waals surface area contributed by atoms with Crippen molar-refractivity contribution in [1.82, 2.24) is 24.4 Å². The Labute approximate surface area is 231 Å². The number of nitrogens with zero attached hydrogens (tertiary/aromatic N) is 4. The number of rotatable bonds is 9. The third kappa shape index (κ3) is 5.78. The molecule has 0 radical (unpaired) electrons. The summed E-state index contributed by atoms with van der Waals surface area (Å²) in [6.07, 6.45) is 1.74. The lowest BCUT2D eigenvalue weighted by atomic mass is 10.2. The fourth-order valence-electron chi connectivity index (χ4n) is 4.25. The van der Waals surface area contributed by atoms with Gasteiger partial charge in [0.1, 0.15) is 0 Å². The van der Waals surface area contributed by atoms with Crippen molar-refractivity contribution in [3.63, 3.8) is 0 Å². The Morgan fingerprint density at radius 1 is 0.947 bits per heavy atom. The number of aromatic nitrogens is 3. The molecule has 8 nitrogen and oxygen atoms in total. The van der Waals surface area contributed by atoms with Gasteiger partial charge in [0.15, 0.2) is 11.0 Å². The van der Waals surface area contributed by atoms with Gasteiger partial charge < -0.3 is 5.32 Å². The number of carbonyl (C=O) groups excluding carboxylic acids is 1. The first-order valence-electron chi connectivity index (χ1n) is 12.2. The quantitative estimate of drug-likeness (QED) is 0.292. The second kappa shape index (κ2) is 11.7. The maximum Gasteiger partial charge on any atom is 0.243 e. The van der Waals surface area contributed by atoms with Crippen LogP contribution in [0.5, 0.6) is 0 Å². The Morgan fingerprint density at radius 3 is 2.45 bits per heavy atom. The fourth-order valence-corrected chi connectivity index (χ4v) is 6.80. The van der Waals surface area contributed by atoms with Crippen LogP contribution in [0.1, 0.15) is 18.4 Å². The fraction of sp³-hybridized carbons (Fsp3) is 0.222. The number of benzene rings is 3. The van der Waals surface area contributed by atoms with Gasteiger partial charge in [-0.1, -0.05) is 71.9 Å². The van der Waals surface area contributed by atoms with Crippen LogP contribution in [0.25, 0.3) is 17.1 Å². The minimum Gasteiger partial charge on any atom is -0.351 e. The number of sulfonamides is 1. The molecule has 0 atom stereocenters. The molecule has 1 aliphatic heterocycles. The van der Waals surface area contributed by atoms with Gasteiger partial charge in [0.25, 0.3) is 0 Å². The summed E-state index contributed by atoms with van der Waals surface area (Å²) in [7, 11) is -3.59. The molecule has 1 fully saturated rings. The van der Waals surface area contributed by atoms with E-state index in [2.05, 4.69) is 15.5 Å². The third-order valence-electron chi connectivity index (χ3n) is 6.21. The first-order chi connectivity index (χ1) is 18.4. The highest BCUT2D eigenvalue weighted by Gasteiger charge is 2.28. The monoisotopic (exact) mass is 567 g/mol. The van der Waals surface area contributed by atoms with Crippen molar-refractivity contribution < 1.29 is 13.2 Å². The summed E-state index contributed by atoms with van der Waals surface area (Å²) in [6.45, 7) is 1.39. The molecule has 1 saturated heterocycles. The Morgan fingerprint density at radius 2 is 1.68 bits per heavy atom. The van der Waals surface area contributed by atoms with Crippen molar-refractivity contribution in [2.45, 2.75) is 29.4 Å². The maximum atomic E-state index is 13.2. The second-order valence-electron chi connectivity index (χ2n) is 8.77. The van der Waals surface area contributed by atoms with Crippen LogP contribution in [0.15, 0.2) is 88.9 Å². The van der Waals surface area contributed by atoms with Gasteiger partial charge in [0.05, 0.1) is 10.6 Å². The second-order valence-corrected chi connectivity index (χ2v) is 12.1. The van der Waals surface area contributed by atoms with Crippen LogP contribution in [-0.4, -0.2) is 52.2 Å². The molecule has 1 amide bonds. The van der Waals surface area contributed by atoms with Crippen molar-refractivity contribution in [2.24, 2.45) is 0 Å². The lowest BCUT2D eigenvalue weighted by Crippen LogP contribution is -2.27. The van der Waals surface area contributed by atoms with Crippen LogP contribution in [-0.2, 0) is 21.4 Å². The number of hydrogen-bond donors (Lipinski definition) is 1. The number of hydrogen-bond acceptors (Lipinski definition) is 6. The molecule has 0 unspecified atom stereocenters. The summed E-state index contributed by atoms with van der Waals surface area (Å²) in [5.74, 6) is 0.449. The summed E-state index contributed by atoms with van der Waals surface area (Å²) < 4.78 is 29.7.